The van der Waals surface area contributed by atoms with Crippen molar-refractivity contribution in [1.82, 2.24) is 5.32 Å². The maximum absolute atomic E-state index is 12.3. The van der Waals surface area contributed by atoms with Crippen LogP contribution in [0.25, 0.3) is 11.3 Å². The van der Waals surface area contributed by atoms with Crippen molar-refractivity contribution in [2.24, 2.45) is 5.92 Å². The number of Topliss-reactive ketones (excluding diaryl/α,β-unsaturated/α-hetero) is 1. The van der Waals surface area contributed by atoms with Gasteiger partial charge in [0.25, 0.3) is 5.91 Å². The quantitative estimate of drug-likeness (QED) is 0.751. The number of carboxylic acids is 1. The molecule has 1 heterocycles. The molecule has 1 amide bonds. The van der Waals surface area contributed by atoms with Crippen molar-refractivity contribution < 1.29 is 23.9 Å². The average Bonchev–Trinajstić information content (AvgIpc) is 3.08. The SMILES string of the molecule is CC[C@H](C)[C@H](NC(=O)c1ccc(-c2ccc(C(C)=O)cc2)o1)C(=O)O. The number of aliphatic carboxylic acids is 1. The molecule has 0 bridgehead atoms. The van der Waals surface area contributed by atoms with Crippen molar-refractivity contribution >= 4 is 17.7 Å². The Morgan fingerprint density at radius 3 is 2.28 bits per heavy atom. The Bertz CT molecular complexity index is 775. The first-order chi connectivity index (χ1) is 11.8. The van der Waals surface area contributed by atoms with Crippen LogP contribution in [0.3, 0.4) is 0 Å². The summed E-state index contributed by atoms with van der Waals surface area (Å²) in [5.74, 6) is -1.37. The van der Waals surface area contributed by atoms with Crippen molar-refractivity contribution in [3.8, 4) is 11.3 Å². The van der Waals surface area contributed by atoms with Gasteiger partial charge >= 0.3 is 5.97 Å². The average molecular weight is 343 g/mol. The van der Waals surface area contributed by atoms with Crippen molar-refractivity contribution in [2.75, 3.05) is 0 Å². The Labute approximate surface area is 145 Å². The molecule has 0 aliphatic rings. The topological polar surface area (TPSA) is 96.6 Å². The van der Waals surface area contributed by atoms with Crippen molar-refractivity contribution in [3.63, 3.8) is 0 Å². The van der Waals surface area contributed by atoms with Crippen LogP contribution in [0.5, 0.6) is 0 Å². The van der Waals surface area contributed by atoms with Crippen LogP contribution in [-0.2, 0) is 4.79 Å². The number of nitrogens with one attached hydrogen (secondary N) is 1. The summed E-state index contributed by atoms with van der Waals surface area (Å²) >= 11 is 0. The highest BCUT2D eigenvalue weighted by Gasteiger charge is 2.26. The number of hydrogen-bond donors (Lipinski definition) is 2. The standard InChI is InChI=1S/C19H21NO5/c1-4-11(2)17(19(23)24)20-18(22)16-10-9-15(25-16)14-7-5-13(6-8-14)12(3)21/h5-11,17H,4H2,1-3H3,(H,20,22)(H,23,24)/t11-,17-/m0/s1. The Hall–Kier alpha value is -2.89. The lowest BCUT2D eigenvalue weighted by molar-refractivity contribution is -0.140. The molecule has 2 rings (SSSR count). The van der Waals surface area contributed by atoms with E-state index in [0.29, 0.717) is 17.7 Å². The minimum atomic E-state index is -1.07. The van der Waals surface area contributed by atoms with Crippen LogP contribution >= 0.6 is 0 Å². The fourth-order valence-corrected chi connectivity index (χ4v) is 2.38. The largest absolute Gasteiger partial charge is 0.480 e. The minimum Gasteiger partial charge on any atom is -0.480 e. The number of ketones is 1. The molecule has 6 nitrogen and oxygen atoms in total. The smallest absolute Gasteiger partial charge is 0.326 e. The van der Waals surface area contributed by atoms with Gasteiger partial charge in [0, 0.05) is 11.1 Å². The molecule has 6 heteroatoms. The van der Waals surface area contributed by atoms with Gasteiger partial charge in [-0.2, -0.15) is 0 Å². The van der Waals surface area contributed by atoms with Crippen molar-refractivity contribution in [1.29, 1.82) is 0 Å². The second kappa shape index (κ2) is 7.79. The van der Waals surface area contributed by atoms with Crippen LogP contribution in [0.2, 0.25) is 0 Å². The molecule has 0 radical (unpaired) electrons. The van der Waals surface area contributed by atoms with E-state index >= 15 is 0 Å². The lowest BCUT2D eigenvalue weighted by Gasteiger charge is -2.19. The summed E-state index contributed by atoms with van der Waals surface area (Å²) in [5, 5.41) is 11.7. The van der Waals surface area contributed by atoms with Gasteiger partial charge in [-0.1, -0.05) is 44.5 Å². The van der Waals surface area contributed by atoms with Gasteiger partial charge in [0.1, 0.15) is 11.8 Å². The third-order valence-electron chi connectivity index (χ3n) is 4.17. The number of hydrogen-bond acceptors (Lipinski definition) is 4. The van der Waals surface area contributed by atoms with Crippen molar-refractivity contribution in [3.05, 3.63) is 47.7 Å². The van der Waals surface area contributed by atoms with Crippen molar-refractivity contribution in [2.45, 2.75) is 33.2 Å². The number of amides is 1. The molecule has 132 valence electrons. The van der Waals surface area contributed by atoms with Gasteiger partial charge in [0.15, 0.2) is 11.5 Å². The molecule has 1 aromatic heterocycles. The summed E-state index contributed by atoms with van der Waals surface area (Å²) < 4.78 is 5.54. The van der Waals surface area contributed by atoms with Gasteiger partial charge in [0.05, 0.1) is 0 Å². The summed E-state index contributed by atoms with van der Waals surface area (Å²) in [6.45, 7) is 5.12. The van der Waals surface area contributed by atoms with E-state index < -0.39 is 17.9 Å². The summed E-state index contributed by atoms with van der Waals surface area (Å²) in [5.41, 5.74) is 1.31. The summed E-state index contributed by atoms with van der Waals surface area (Å²) in [6.07, 6.45) is 0.628. The molecule has 0 unspecified atom stereocenters. The lowest BCUT2D eigenvalue weighted by atomic mass is 9.99. The van der Waals surface area contributed by atoms with E-state index in [1.54, 1.807) is 37.3 Å². The molecule has 2 N–H and O–H groups in total. The van der Waals surface area contributed by atoms with Crippen LogP contribution in [0, 0.1) is 5.92 Å². The first kappa shape index (κ1) is 18.4. The van der Waals surface area contributed by atoms with Gasteiger partial charge in [-0.3, -0.25) is 9.59 Å². The van der Waals surface area contributed by atoms with E-state index in [0.717, 1.165) is 5.56 Å². The van der Waals surface area contributed by atoms with E-state index in [1.165, 1.54) is 13.0 Å². The van der Waals surface area contributed by atoms with Gasteiger partial charge in [-0.05, 0) is 25.0 Å². The molecule has 0 aliphatic heterocycles. The second-order valence-corrected chi connectivity index (χ2v) is 5.97. The molecule has 2 atom stereocenters. The highest BCUT2D eigenvalue weighted by atomic mass is 16.4. The number of carboxylic acid groups (broad SMARTS) is 1. The third kappa shape index (κ3) is 4.35. The molecule has 2 aromatic rings. The number of benzene rings is 1. The highest BCUT2D eigenvalue weighted by Crippen LogP contribution is 2.23. The Morgan fingerprint density at radius 1 is 1.12 bits per heavy atom. The summed E-state index contributed by atoms with van der Waals surface area (Å²) in [4.78, 5) is 34.9. The number of carbonyl (C=O) groups excluding carboxylic acids is 2. The number of rotatable bonds is 7. The Balaban J connectivity index is 2.15. The van der Waals surface area contributed by atoms with Crippen LogP contribution in [0.1, 0.15) is 48.1 Å². The van der Waals surface area contributed by atoms with E-state index in [4.69, 9.17) is 4.42 Å². The zero-order chi connectivity index (χ0) is 18.6. The molecule has 1 aromatic carbocycles. The number of furan rings is 1. The molecular formula is C19H21NO5. The van der Waals surface area contributed by atoms with Crippen LogP contribution in [-0.4, -0.2) is 28.8 Å². The Morgan fingerprint density at radius 2 is 1.76 bits per heavy atom. The predicted octanol–water partition coefficient (Wildman–Crippen LogP) is 3.38. The highest BCUT2D eigenvalue weighted by molar-refractivity contribution is 5.95. The van der Waals surface area contributed by atoms with Gasteiger partial charge < -0.3 is 14.8 Å². The number of carbonyl (C=O) groups is 3. The fourth-order valence-electron chi connectivity index (χ4n) is 2.38. The summed E-state index contributed by atoms with van der Waals surface area (Å²) in [6, 6.07) is 9.00. The first-order valence-electron chi connectivity index (χ1n) is 8.08. The third-order valence-corrected chi connectivity index (χ3v) is 4.17. The molecule has 0 fully saturated rings. The second-order valence-electron chi connectivity index (χ2n) is 5.97. The zero-order valence-electron chi connectivity index (χ0n) is 14.4. The summed E-state index contributed by atoms with van der Waals surface area (Å²) in [7, 11) is 0. The monoisotopic (exact) mass is 343 g/mol. The molecule has 0 saturated carbocycles. The van der Waals surface area contributed by atoms with Gasteiger partial charge in [-0.15, -0.1) is 0 Å². The zero-order valence-corrected chi connectivity index (χ0v) is 14.4. The Kier molecular flexibility index (Phi) is 5.75. The van der Waals surface area contributed by atoms with Gasteiger partial charge in [-0.25, -0.2) is 4.79 Å². The molecule has 0 aliphatic carbocycles. The maximum Gasteiger partial charge on any atom is 0.326 e. The van der Waals surface area contributed by atoms with E-state index in [9.17, 15) is 19.5 Å². The van der Waals surface area contributed by atoms with E-state index in [-0.39, 0.29) is 17.5 Å². The van der Waals surface area contributed by atoms with Crippen LogP contribution in [0.4, 0.5) is 0 Å². The predicted molar refractivity (Wildman–Crippen MR) is 92.5 cm³/mol. The first-order valence-corrected chi connectivity index (χ1v) is 8.08. The molecular weight excluding hydrogens is 322 g/mol. The molecule has 0 saturated heterocycles. The van der Waals surface area contributed by atoms with Crippen LogP contribution in [0.15, 0.2) is 40.8 Å². The van der Waals surface area contributed by atoms with E-state index in [2.05, 4.69) is 5.32 Å². The maximum atomic E-state index is 12.3. The molecule has 0 spiro atoms. The van der Waals surface area contributed by atoms with E-state index in [1.807, 2.05) is 6.92 Å². The van der Waals surface area contributed by atoms with Gasteiger partial charge in [0.2, 0.25) is 0 Å². The molecule has 25 heavy (non-hydrogen) atoms. The minimum absolute atomic E-state index is 0.0316. The lowest BCUT2D eigenvalue weighted by Crippen LogP contribution is -2.44. The van der Waals surface area contributed by atoms with Crippen LogP contribution < -0.4 is 5.32 Å². The fraction of sp³-hybridized carbons (Fsp3) is 0.316. The normalized spacial score (nSPS) is 13.1.